The van der Waals surface area contributed by atoms with Crippen molar-refractivity contribution in [2.75, 3.05) is 13.2 Å². The highest BCUT2D eigenvalue weighted by atomic mass is 16.7. The van der Waals surface area contributed by atoms with Crippen LogP contribution in [0.25, 0.3) is 0 Å². The van der Waals surface area contributed by atoms with Gasteiger partial charge in [0.2, 0.25) is 0 Å². The summed E-state index contributed by atoms with van der Waals surface area (Å²) in [5, 5.41) is 9.08. The second-order valence-electron chi connectivity index (χ2n) is 12.0. The number of allylic oxidation sites excluding steroid dienone is 8. The van der Waals surface area contributed by atoms with Crippen LogP contribution in [0.5, 0.6) is 0 Å². The van der Waals surface area contributed by atoms with E-state index in [1.807, 2.05) is 0 Å². The Labute approximate surface area is 267 Å². The van der Waals surface area contributed by atoms with E-state index in [2.05, 4.69) is 62.5 Å². The van der Waals surface area contributed by atoms with E-state index < -0.39 is 6.16 Å². The SMILES string of the molecule is CCCCCC=CCC=CCCCCCCCCOCC(CCCCCCCCC=CCC=CCCCCC)OC(=O)O. The van der Waals surface area contributed by atoms with Crippen molar-refractivity contribution >= 4 is 6.16 Å². The number of carboxylic acid groups (broad SMARTS) is 1. The third-order valence-corrected chi connectivity index (χ3v) is 7.79. The molecule has 1 atom stereocenters. The zero-order chi connectivity index (χ0) is 31.3. The van der Waals surface area contributed by atoms with Gasteiger partial charge < -0.3 is 14.6 Å². The summed E-state index contributed by atoms with van der Waals surface area (Å²) >= 11 is 0. The van der Waals surface area contributed by atoms with Crippen LogP contribution in [-0.4, -0.2) is 30.6 Å². The van der Waals surface area contributed by atoms with Crippen molar-refractivity contribution in [3.05, 3.63) is 48.6 Å². The normalized spacial score (nSPS) is 12.9. The minimum Gasteiger partial charge on any atom is -0.450 e. The lowest BCUT2D eigenvalue weighted by atomic mass is 10.1. The maximum absolute atomic E-state index is 11.1. The molecule has 0 aliphatic carbocycles. The van der Waals surface area contributed by atoms with E-state index in [4.69, 9.17) is 14.6 Å². The number of hydrogen-bond acceptors (Lipinski definition) is 3. The molecule has 0 heterocycles. The van der Waals surface area contributed by atoms with Crippen LogP contribution >= 0.6 is 0 Å². The van der Waals surface area contributed by atoms with Crippen molar-refractivity contribution in [3.63, 3.8) is 0 Å². The summed E-state index contributed by atoms with van der Waals surface area (Å²) in [7, 11) is 0. The lowest BCUT2D eigenvalue weighted by Gasteiger charge is -2.16. The van der Waals surface area contributed by atoms with Gasteiger partial charge in [-0.25, -0.2) is 4.79 Å². The molecule has 0 radical (unpaired) electrons. The Hall–Kier alpha value is -1.81. The van der Waals surface area contributed by atoms with Gasteiger partial charge in [0.25, 0.3) is 0 Å². The first kappa shape index (κ1) is 41.2. The molecule has 0 bridgehead atoms. The molecular formula is C39H70O4. The van der Waals surface area contributed by atoms with E-state index in [9.17, 15) is 4.79 Å². The molecule has 4 heteroatoms. The van der Waals surface area contributed by atoms with Crippen LogP contribution in [0.15, 0.2) is 48.6 Å². The van der Waals surface area contributed by atoms with Crippen LogP contribution in [0.1, 0.15) is 174 Å². The Morgan fingerprint density at radius 3 is 1.37 bits per heavy atom. The molecule has 0 aromatic heterocycles. The fourth-order valence-corrected chi connectivity index (χ4v) is 5.09. The van der Waals surface area contributed by atoms with Crippen molar-refractivity contribution in [1.29, 1.82) is 0 Å². The van der Waals surface area contributed by atoms with Gasteiger partial charge in [-0.05, 0) is 83.5 Å². The summed E-state index contributed by atoms with van der Waals surface area (Å²) in [4.78, 5) is 11.1. The van der Waals surface area contributed by atoms with E-state index in [0.29, 0.717) is 13.2 Å². The molecule has 43 heavy (non-hydrogen) atoms. The molecule has 0 spiro atoms. The predicted molar refractivity (Wildman–Crippen MR) is 187 cm³/mol. The topological polar surface area (TPSA) is 55.8 Å². The van der Waals surface area contributed by atoms with Crippen molar-refractivity contribution < 1.29 is 19.4 Å². The third-order valence-electron chi connectivity index (χ3n) is 7.79. The van der Waals surface area contributed by atoms with Crippen LogP contribution in [0.3, 0.4) is 0 Å². The summed E-state index contributed by atoms with van der Waals surface area (Å²) in [6.45, 7) is 5.57. The lowest BCUT2D eigenvalue weighted by molar-refractivity contribution is -0.00676. The number of hydrogen-bond donors (Lipinski definition) is 1. The summed E-state index contributed by atoms with van der Waals surface area (Å²) in [6, 6.07) is 0. The largest absolute Gasteiger partial charge is 0.506 e. The molecule has 0 aromatic carbocycles. The molecule has 1 unspecified atom stereocenters. The standard InChI is InChI=1S/C39H70O4/c1-3-5-7-9-11-13-15-17-19-21-23-25-27-29-31-33-35-38(43-39(40)41)37-42-36-34-32-30-28-26-24-22-20-18-16-14-12-10-8-6-4-2/h11-14,17-20,38H,3-10,15-16,21-37H2,1-2H3,(H,40,41). The second kappa shape index (κ2) is 36.4. The smallest absolute Gasteiger partial charge is 0.450 e. The molecule has 0 amide bonds. The quantitative estimate of drug-likeness (QED) is 0.0461. The Kier molecular flexibility index (Phi) is 34.9. The number of unbranched alkanes of at least 4 members (excludes halogenated alkanes) is 18. The van der Waals surface area contributed by atoms with Crippen molar-refractivity contribution in [1.82, 2.24) is 0 Å². The molecule has 0 saturated carbocycles. The summed E-state index contributed by atoms with van der Waals surface area (Å²) in [5.74, 6) is 0. The number of rotatable bonds is 33. The van der Waals surface area contributed by atoms with Gasteiger partial charge in [-0.15, -0.1) is 0 Å². The maximum Gasteiger partial charge on any atom is 0.506 e. The fraction of sp³-hybridized carbons (Fsp3) is 0.769. The average Bonchev–Trinajstić information content (AvgIpc) is 2.99. The maximum atomic E-state index is 11.1. The fourth-order valence-electron chi connectivity index (χ4n) is 5.09. The van der Waals surface area contributed by atoms with Gasteiger partial charge in [-0.1, -0.05) is 140 Å². The van der Waals surface area contributed by atoms with Gasteiger partial charge in [0, 0.05) is 6.61 Å². The Bertz CT molecular complexity index is 679. The highest BCUT2D eigenvalue weighted by Crippen LogP contribution is 2.13. The average molecular weight is 603 g/mol. The van der Waals surface area contributed by atoms with Crippen LogP contribution in [0.2, 0.25) is 0 Å². The van der Waals surface area contributed by atoms with Crippen LogP contribution in [0.4, 0.5) is 4.79 Å². The van der Waals surface area contributed by atoms with Crippen LogP contribution in [0, 0.1) is 0 Å². The third kappa shape index (κ3) is 36.3. The highest BCUT2D eigenvalue weighted by Gasteiger charge is 2.13. The molecule has 250 valence electrons. The zero-order valence-electron chi connectivity index (χ0n) is 28.5. The second-order valence-corrected chi connectivity index (χ2v) is 12.0. The molecule has 1 N–H and O–H groups in total. The van der Waals surface area contributed by atoms with E-state index in [1.165, 1.54) is 122 Å². The highest BCUT2D eigenvalue weighted by molar-refractivity contribution is 5.57. The first-order chi connectivity index (χ1) is 21.2. The summed E-state index contributed by atoms with van der Waals surface area (Å²) in [6.07, 6.45) is 46.9. The minimum atomic E-state index is -1.19. The summed E-state index contributed by atoms with van der Waals surface area (Å²) in [5.41, 5.74) is 0. The van der Waals surface area contributed by atoms with E-state index >= 15 is 0 Å². The Morgan fingerprint density at radius 1 is 0.535 bits per heavy atom. The monoisotopic (exact) mass is 603 g/mol. The molecule has 0 aliphatic heterocycles. The minimum absolute atomic E-state index is 0.340. The van der Waals surface area contributed by atoms with Gasteiger partial charge in [0.1, 0.15) is 6.10 Å². The first-order valence-electron chi connectivity index (χ1n) is 18.3. The van der Waals surface area contributed by atoms with Gasteiger partial charge in [0.15, 0.2) is 0 Å². The van der Waals surface area contributed by atoms with Gasteiger partial charge >= 0.3 is 6.16 Å². The predicted octanol–water partition coefficient (Wildman–Crippen LogP) is 13.1. The van der Waals surface area contributed by atoms with Crippen LogP contribution in [-0.2, 0) is 9.47 Å². The first-order valence-corrected chi connectivity index (χ1v) is 18.3. The van der Waals surface area contributed by atoms with Crippen molar-refractivity contribution in [2.45, 2.75) is 180 Å². The van der Waals surface area contributed by atoms with E-state index in [0.717, 1.165) is 38.5 Å². The summed E-state index contributed by atoms with van der Waals surface area (Å²) < 4.78 is 10.9. The molecule has 0 fully saturated rings. The van der Waals surface area contributed by atoms with Gasteiger partial charge in [-0.3, -0.25) is 0 Å². The van der Waals surface area contributed by atoms with Gasteiger partial charge in [0.05, 0.1) is 6.61 Å². The molecule has 0 rings (SSSR count). The van der Waals surface area contributed by atoms with Gasteiger partial charge in [-0.2, -0.15) is 0 Å². The molecule has 4 nitrogen and oxygen atoms in total. The van der Waals surface area contributed by atoms with Crippen molar-refractivity contribution in [3.8, 4) is 0 Å². The number of carbonyl (C=O) groups is 1. The van der Waals surface area contributed by atoms with Crippen LogP contribution < -0.4 is 0 Å². The molecular weight excluding hydrogens is 532 g/mol. The molecule has 0 saturated heterocycles. The van der Waals surface area contributed by atoms with E-state index in [1.54, 1.807) is 0 Å². The number of ether oxygens (including phenoxy) is 2. The van der Waals surface area contributed by atoms with E-state index in [-0.39, 0.29) is 6.10 Å². The van der Waals surface area contributed by atoms with Crippen molar-refractivity contribution in [2.24, 2.45) is 0 Å². The Morgan fingerprint density at radius 2 is 0.930 bits per heavy atom. The Balaban J connectivity index is 3.60. The molecule has 0 aromatic rings. The molecule has 0 aliphatic rings. The zero-order valence-corrected chi connectivity index (χ0v) is 28.5. The lowest BCUT2D eigenvalue weighted by Crippen LogP contribution is -2.23.